The lowest BCUT2D eigenvalue weighted by molar-refractivity contribution is 0.176. The van der Waals surface area contributed by atoms with Gasteiger partial charge in [0.2, 0.25) is 0 Å². The first-order valence-electron chi connectivity index (χ1n) is 5.78. The molecule has 0 saturated carbocycles. The zero-order valence-electron chi connectivity index (χ0n) is 9.86. The van der Waals surface area contributed by atoms with Gasteiger partial charge < -0.3 is 0 Å². The third-order valence-electron chi connectivity index (χ3n) is 3.04. The molecule has 0 aromatic carbocycles. The standard InChI is InChI=1S/C12H17N3S/c1-9-4-3-5-15(7-9)8-12-14-10(2)11(6-13)16-12/h9H,3-5,7-8H2,1-2H3. The Hall–Kier alpha value is -0.920. The highest BCUT2D eigenvalue weighted by atomic mass is 32.1. The summed E-state index contributed by atoms with van der Waals surface area (Å²) < 4.78 is 0. The maximum atomic E-state index is 8.89. The van der Waals surface area contributed by atoms with Crippen LogP contribution in [0.3, 0.4) is 0 Å². The molecular weight excluding hydrogens is 218 g/mol. The van der Waals surface area contributed by atoms with Crippen LogP contribution in [0.4, 0.5) is 0 Å². The van der Waals surface area contributed by atoms with E-state index in [2.05, 4.69) is 22.9 Å². The van der Waals surface area contributed by atoms with Gasteiger partial charge >= 0.3 is 0 Å². The number of aryl methyl sites for hydroxylation is 1. The molecule has 4 heteroatoms. The van der Waals surface area contributed by atoms with Crippen molar-refractivity contribution < 1.29 is 0 Å². The van der Waals surface area contributed by atoms with Crippen LogP contribution in [0.2, 0.25) is 0 Å². The monoisotopic (exact) mass is 235 g/mol. The average Bonchev–Trinajstić information content (AvgIpc) is 2.58. The Morgan fingerprint density at radius 1 is 1.62 bits per heavy atom. The number of hydrogen-bond acceptors (Lipinski definition) is 4. The first-order valence-corrected chi connectivity index (χ1v) is 6.59. The summed E-state index contributed by atoms with van der Waals surface area (Å²) in [5.74, 6) is 0.797. The average molecular weight is 235 g/mol. The Balaban J connectivity index is 2.00. The zero-order chi connectivity index (χ0) is 11.5. The molecule has 1 atom stereocenters. The molecule has 2 rings (SSSR count). The van der Waals surface area contributed by atoms with E-state index >= 15 is 0 Å². The van der Waals surface area contributed by atoms with Crippen molar-refractivity contribution >= 4 is 11.3 Å². The molecule has 1 unspecified atom stereocenters. The number of nitriles is 1. The molecule has 16 heavy (non-hydrogen) atoms. The van der Waals surface area contributed by atoms with Crippen molar-refractivity contribution in [1.82, 2.24) is 9.88 Å². The van der Waals surface area contributed by atoms with E-state index in [0.717, 1.165) is 28.0 Å². The van der Waals surface area contributed by atoms with Crippen LogP contribution in [0.1, 0.15) is 35.3 Å². The second-order valence-corrected chi connectivity index (χ2v) is 5.70. The lowest BCUT2D eigenvalue weighted by Gasteiger charge is -2.29. The van der Waals surface area contributed by atoms with Gasteiger partial charge in [0.25, 0.3) is 0 Å². The summed E-state index contributed by atoms with van der Waals surface area (Å²) in [7, 11) is 0. The lowest BCUT2D eigenvalue weighted by Crippen LogP contribution is -2.33. The molecule has 1 aromatic heterocycles. The van der Waals surface area contributed by atoms with E-state index in [9.17, 15) is 0 Å². The number of nitrogens with zero attached hydrogens (tertiary/aromatic N) is 3. The fraction of sp³-hybridized carbons (Fsp3) is 0.667. The predicted octanol–water partition coefficient (Wildman–Crippen LogP) is 2.56. The number of likely N-dealkylation sites (tertiary alicyclic amines) is 1. The number of hydrogen-bond donors (Lipinski definition) is 0. The van der Waals surface area contributed by atoms with Crippen molar-refractivity contribution in [3.05, 3.63) is 15.6 Å². The summed E-state index contributed by atoms with van der Waals surface area (Å²) in [6, 6.07) is 2.20. The minimum Gasteiger partial charge on any atom is -0.296 e. The molecule has 1 aliphatic heterocycles. The Morgan fingerprint density at radius 3 is 3.06 bits per heavy atom. The van der Waals surface area contributed by atoms with E-state index in [4.69, 9.17) is 5.26 Å². The molecule has 1 fully saturated rings. The zero-order valence-corrected chi connectivity index (χ0v) is 10.7. The van der Waals surface area contributed by atoms with Gasteiger partial charge in [0.05, 0.1) is 12.2 Å². The van der Waals surface area contributed by atoms with Crippen molar-refractivity contribution in [3.63, 3.8) is 0 Å². The summed E-state index contributed by atoms with van der Waals surface area (Å²) in [4.78, 5) is 7.67. The Labute approximate surface area is 101 Å². The maximum Gasteiger partial charge on any atom is 0.127 e. The van der Waals surface area contributed by atoms with Gasteiger partial charge in [-0.3, -0.25) is 4.90 Å². The fourth-order valence-electron chi connectivity index (χ4n) is 2.25. The molecule has 0 radical (unpaired) electrons. The normalized spacial score (nSPS) is 21.9. The van der Waals surface area contributed by atoms with Crippen LogP contribution in [0.5, 0.6) is 0 Å². The lowest BCUT2D eigenvalue weighted by atomic mass is 10.0. The molecule has 0 aliphatic carbocycles. The molecule has 0 bridgehead atoms. The van der Waals surface area contributed by atoms with Crippen molar-refractivity contribution in [3.8, 4) is 6.07 Å². The molecule has 86 valence electrons. The van der Waals surface area contributed by atoms with Crippen LogP contribution in [0.15, 0.2) is 0 Å². The van der Waals surface area contributed by atoms with Gasteiger partial charge in [0.1, 0.15) is 16.0 Å². The highest BCUT2D eigenvalue weighted by Crippen LogP contribution is 2.21. The second kappa shape index (κ2) is 4.94. The van der Waals surface area contributed by atoms with E-state index in [1.165, 1.54) is 25.9 Å². The number of aromatic nitrogens is 1. The van der Waals surface area contributed by atoms with E-state index in [1.807, 2.05) is 6.92 Å². The molecule has 3 nitrogen and oxygen atoms in total. The highest BCUT2D eigenvalue weighted by Gasteiger charge is 2.18. The Morgan fingerprint density at radius 2 is 2.44 bits per heavy atom. The summed E-state index contributed by atoms with van der Waals surface area (Å²) in [5.41, 5.74) is 0.882. The number of piperidine rings is 1. The summed E-state index contributed by atoms with van der Waals surface area (Å²) >= 11 is 1.54. The van der Waals surface area contributed by atoms with E-state index in [0.29, 0.717) is 0 Å². The van der Waals surface area contributed by atoms with Crippen LogP contribution in [0.25, 0.3) is 0 Å². The third-order valence-corrected chi connectivity index (χ3v) is 4.09. The van der Waals surface area contributed by atoms with Crippen LogP contribution in [-0.2, 0) is 6.54 Å². The van der Waals surface area contributed by atoms with Crippen LogP contribution in [0, 0.1) is 24.2 Å². The van der Waals surface area contributed by atoms with Crippen molar-refractivity contribution in [2.75, 3.05) is 13.1 Å². The second-order valence-electron chi connectivity index (χ2n) is 4.62. The SMILES string of the molecule is Cc1nc(CN2CCCC(C)C2)sc1C#N. The molecule has 1 aromatic rings. The summed E-state index contributed by atoms with van der Waals surface area (Å²) in [6.45, 7) is 7.47. The molecule has 0 spiro atoms. The quantitative estimate of drug-likeness (QED) is 0.791. The molecule has 2 heterocycles. The van der Waals surface area contributed by atoms with Crippen LogP contribution < -0.4 is 0 Å². The molecule has 1 aliphatic rings. The van der Waals surface area contributed by atoms with Crippen molar-refractivity contribution in [1.29, 1.82) is 5.26 Å². The van der Waals surface area contributed by atoms with Crippen LogP contribution >= 0.6 is 11.3 Å². The van der Waals surface area contributed by atoms with E-state index < -0.39 is 0 Å². The van der Waals surface area contributed by atoms with Gasteiger partial charge in [-0.25, -0.2) is 4.98 Å². The van der Waals surface area contributed by atoms with Crippen LogP contribution in [-0.4, -0.2) is 23.0 Å². The van der Waals surface area contributed by atoms with Gasteiger partial charge in [0.15, 0.2) is 0 Å². The highest BCUT2D eigenvalue weighted by molar-refractivity contribution is 7.12. The summed E-state index contributed by atoms with van der Waals surface area (Å²) in [6.07, 6.45) is 2.63. The summed E-state index contributed by atoms with van der Waals surface area (Å²) in [5, 5.41) is 9.97. The molecule has 0 N–H and O–H groups in total. The topological polar surface area (TPSA) is 39.9 Å². The predicted molar refractivity (Wildman–Crippen MR) is 65.2 cm³/mol. The van der Waals surface area contributed by atoms with E-state index in [1.54, 1.807) is 11.3 Å². The van der Waals surface area contributed by atoms with Gasteiger partial charge in [-0.15, -0.1) is 11.3 Å². The number of thiazole rings is 1. The molecular formula is C12H17N3S. The van der Waals surface area contributed by atoms with Crippen molar-refractivity contribution in [2.45, 2.75) is 33.2 Å². The van der Waals surface area contributed by atoms with Gasteiger partial charge in [0, 0.05) is 6.54 Å². The largest absolute Gasteiger partial charge is 0.296 e. The number of rotatable bonds is 2. The first-order chi connectivity index (χ1) is 7.69. The smallest absolute Gasteiger partial charge is 0.127 e. The maximum absolute atomic E-state index is 8.89. The Bertz CT molecular complexity index is 405. The Kier molecular flexibility index (Phi) is 3.57. The minimum absolute atomic E-state index is 0.764. The fourth-order valence-corrected chi connectivity index (χ4v) is 3.15. The van der Waals surface area contributed by atoms with Gasteiger partial charge in [-0.2, -0.15) is 5.26 Å². The van der Waals surface area contributed by atoms with Gasteiger partial charge in [-0.05, 0) is 32.2 Å². The van der Waals surface area contributed by atoms with Gasteiger partial charge in [-0.1, -0.05) is 6.92 Å². The molecule has 1 saturated heterocycles. The third kappa shape index (κ3) is 2.60. The van der Waals surface area contributed by atoms with E-state index in [-0.39, 0.29) is 0 Å². The molecule has 0 amide bonds. The minimum atomic E-state index is 0.764. The first kappa shape index (κ1) is 11.6. The van der Waals surface area contributed by atoms with Crippen molar-refractivity contribution in [2.24, 2.45) is 5.92 Å².